The van der Waals surface area contributed by atoms with Crippen LogP contribution in [-0.4, -0.2) is 94.9 Å². The van der Waals surface area contributed by atoms with E-state index in [9.17, 15) is 19.2 Å². The average Bonchev–Trinajstić information content (AvgIpc) is 4.08. The fraction of sp³-hybridized carbons (Fsp3) is 0.422. The summed E-state index contributed by atoms with van der Waals surface area (Å²) >= 11 is 0. The normalized spacial score (nSPS) is 18.7. The Hall–Kier alpha value is -6.18. The second-order valence-corrected chi connectivity index (χ2v) is 16.4. The third kappa shape index (κ3) is 7.63. The quantitative estimate of drug-likeness (QED) is 0.129. The molecule has 2 aromatic heterocycles. The number of imidazole rings is 1. The molecule has 0 saturated carbocycles. The van der Waals surface area contributed by atoms with E-state index in [4.69, 9.17) is 23.9 Å². The van der Waals surface area contributed by atoms with Gasteiger partial charge in [-0.1, -0.05) is 45.9 Å². The zero-order valence-corrected chi connectivity index (χ0v) is 34.3. The first-order valence-corrected chi connectivity index (χ1v) is 20.5. The largest absolute Gasteiger partial charge is 0.456 e. The number of methoxy groups -OCH3 is 2. The number of ether oxygens (including phenoxy) is 2. The summed E-state index contributed by atoms with van der Waals surface area (Å²) in [6, 6.07) is 17.0. The fourth-order valence-electron chi connectivity index (χ4n) is 8.82. The SMILES string of the molecule is COC(=O)N[C@H](C(=O)N1CCCC1C1=Nc2ccc(-c3ccc4c(c3)oc3cc(-c5cnc([C@@H]6CCCN6C(=O)[C@@H](NC(=O)OC)C(C)C)[nH]5)ccc34)cc2C1)C(C)C. The smallest absolute Gasteiger partial charge is 0.407 e. The van der Waals surface area contributed by atoms with E-state index in [1.165, 1.54) is 14.2 Å². The number of hydrogen-bond donors (Lipinski definition) is 3. The van der Waals surface area contributed by atoms with Crippen molar-refractivity contribution in [2.45, 2.75) is 84.0 Å². The molecule has 14 heteroatoms. The molecule has 0 aliphatic carbocycles. The van der Waals surface area contributed by atoms with Gasteiger partial charge in [0.1, 0.15) is 29.1 Å². The summed E-state index contributed by atoms with van der Waals surface area (Å²) in [5.74, 6) is 0.233. The van der Waals surface area contributed by atoms with Gasteiger partial charge in [-0.25, -0.2) is 14.6 Å². The van der Waals surface area contributed by atoms with Crippen LogP contribution in [0, 0.1) is 11.8 Å². The molecule has 3 aromatic carbocycles. The molecule has 3 aliphatic rings. The molecule has 0 spiro atoms. The summed E-state index contributed by atoms with van der Waals surface area (Å²) in [5, 5.41) is 7.45. The summed E-state index contributed by atoms with van der Waals surface area (Å²) in [6.07, 6.45) is 4.51. The van der Waals surface area contributed by atoms with Crippen LogP contribution in [-0.2, 0) is 25.5 Å². The Kier molecular flexibility index (Phi) is 10.9. The zero-order valence-electron chi connectivity index (χ0n) is 34.3. The van der Waals surface area contributed by atoms with Crippen molar-refractivity contribution >= 4 is 57.3 Å². The number of aromatic nitrogens is 2. The molecule has 5 aromatic rings. The predicted molar refractivity (Wildman–Crippen MR) is 224 cm³/mol. The highest BCUT2D eigenvalue weighted by Crippen LogP contribution is 2.39. The lowest BCUT2D eigenvalue weighted by atomic mass is 9.97. The van der Waals surface area contributed by atoms with Crippen molar-refractivity contribution in [3.63, 3.8) is 0 Å². The van der Waals surface area contributed by atoms with Crippen molar-refractivity contribution < 1.29 is 33.1 Å². The van der Waals surface area contributed by atoms with Crippen LogP contribution in [0.2, 0.25) is 0 Å². The number of nitrogens with one attached hydrogen (secondary N) is 3. The first kappa shape index (κ1) is 39.6. The molecule has 5 heterocycles. The minimum atomic E-state index is -0.701. The van der Waals surface area contributed by atoms with Crippen molar-refractivity contribution in [3.05, 3.63) is 72.2 Å². The molecule has 2 fully saturated rings. The summed E-state index contributed by atoms with van der Waals surface area (Å²) in [5.41, 5.74) is 8.33. The zero-order chi connectivity index (χ0) is 41.5. The Labute approximate surface area is 342 Å². The number of aliphatic imine (C=N–C) groups is 1. The topological polar surface area (TPSA) is 171 Å². The lowest BCUT2D eigenvalue weighted by molar-refractivity contribution is -0.135. The van der Waals surface area contributed by atoms with Crippen molar-refractivity contribution in [1.29, 1.82) is 0 Å². The third-order valence-electron chi connectivity index (χ3n) is 12.0. The molecule has 0 radical (unpaired) electrons. The van der Waals surface area contributed by atoms with Crippen LogP contribution >= 0.6 is 0 Å². The lowest BCUT2D eigenvalue weighted by Crippen LogP contribution is -2.53. The van der Waals surface area contributed by atoms with Crippen molar-refractivity contribution in [3.8, 4) is 22.4 Å². The molecule has 308 valence electrons. The molecular weight excluding hydrogens is 751 g/mol. The average molecular weight is 802 g/mol. The summed E-state index contributed by atoms with van der Waals surface area (Å²) in [4.78, 5) is 68.2. The minimum Gasteiger partial charge on any atom is -0.456 e. The maximum absolute atomic E-state index is 13.7. The Balaban J connectivity index is 0.980. The van der Waals surface area contributed by atoms with Crippen molar-refractivity contribution in [2.24, 2.45) is 16.8 Å². The van der Waals surface area contributed by atoms with Gasteiger partial charge in [0, 0.05) is 41.6 Å². The fourth-order valence-corrected chi connectivity index (χ4v) is 8.82. The maximum atomic E-state index is 13.7. The van der Waals surface area contributed by atoms with Gasteiger partial charge in [-0.2, -0.15) is 0 Å². The first-order valence-electron chi connectivity index (χ1n) is 20.5. The molecule has 3 aliphatic heterocycles. The van der Waals surface area contributed by atoms with Gasteiger partial charge in [-0.3, -0.25) is 14.6 Å². The van der Waals surface area contributed by atoms with E-state index < -0.39 is 24.3 Å². The molecule has 1 unspecified atom stereocenters. The monoisotopic (exact) mass is 801 g/mol. The van der Waals surface area contributed by atoms with Gasteiger partial charge in [-0.05, 0) is 90.6 Å². The van der Waals surface area contributed by atoms with Gasteiger partial charge in [0.25, 0.3) is 0 Å². The first-order chi connectivity index (χ1) is 28.4. The third-order valence-corrected chi connectivity index (χ3v) is 12.0. The highest BCUT2D eigenvalue weighted by Gasteiger charge is 2.40. The van der Waals surface area contributed by atoms with E-state index in [2.05, 4.69) is 52.0 Å². The van der Waals surface area contributed by atoms with Crippen LogP contribution in [0.3, 0.4) is 0 Å². The maximum Gasteiger partial charge on any atom is 0.407 e. The second-order valence-electron chi connectivity index (χ2n) is 16.4. The number of fused-ring (bicyclic) bond motifs is 4. The van der Waals surface area contributed by atoms with E-state index in [-0.39, 0.29) is 35.7 Å². The number of alkyl carbamates (subject to hydrolysis) is 2. The molecule has 4 atom stereocenters. The van der Waals surface area contributed by atoms with Crippen LogP contribution in [0.4, 0.5) is 15.3 Å². The molecule has 3 N–H and O–H groups in total. The van der Waals surface area contributed by atoms with Crippen LogP contribution < -0.4 is 10.6 Å². The summed E-state index contributed by atoms with van der Waals surface area (Å²) < 4.78 is 16.0. The molecule has 8 rings (SSSR count). The van der Waals surface area contributed by atoms with Gasteiger partial charge in [-0.15, -0.1) is 0 Å². The van der Waals surface area contributed by atoms with Gasteiger partial charge in [0.2, 0.25) is 11.8 Å². The number of hydrogen-bond acceptors (Lipinski definition) is 9. The number of aromatic amines is 1. The van der Waals surface area contributed by atoms with Gasteiger partial charge >= 0.3 is 12.2 Å². The van der Waals surface area contributed by atoms with Gasteiger partial charge in [0.05, 0.1) is 43.9 Å². The van der Waals surface area contributed by atoms with Crippen molar-refractivity contribution in [1.82, 2.24) is 30.4 Å². The van der Waals surface area contributed by atoms with Crippen LogP contribution in [0.15, 0.2) is 70.2 Å². The molecule has 2 saturated heterocycles. The molecule has 4 amide bonds. The molecular formula is C45H51N7O7. The number of carbonyl (C=O) groups excluding carboxylic acids is 4. The Morgan fingerprint density at radius 1 is 0.746 bits per heavy atom. The predicted octanol–water partition coefficient (Wildman–Crippen LogP) is 7.69. The highest BCUT2D eigenvalue weighted by molar-refractivity contribution is 6.07. The molecule has 0 bridgehead atoms. The molecule has 14 nitrogen and oxygen atoms in total. The van der Waals surface area contributed by atoms with Crippen molar-refractivity contribution in [2.75, 3.05) is 27.3 Å². The van der Waals surface area contributed by atoms with Gasteiger partial charge < -0.3 is 39.3 Å². The van der Waals surface area contributed by atoms with Crippen LogP contribution in [0.5, 0.6) is 0 Å². The summed E-state index contributed by atoms with van der Waals surface area (Å²) in [7, 11) is 2.59. The lowest BCUT2D eigenvalue weighted by Gasteiger charge is -2.30. The highest BCUT2D eigenvalue weighted by atomic mass is 16.5. The summed E-state index contributed by atoms with van der Waals surface area (Å²) in [6.45, 7) is 8.84. The Morgan fingerprint density at radius 3 is 1.90 bits per heavy atom. The van der Waals surface area contributed by atoms with Gasteiger partial charge in [0.15, 0.2) is 0 Å². The number of carbonyl (C=O) groups is 4. The van der Waals surface area contributed by atoms with Crippen LogP contribution in [0.1, 0.15) is 70.8 Å². The van der Waals surface area contributed by atoms with E-state index in [1.807, 2.05) is 50.8 Å². The van der Waals surface area contributed by atoms with Crippen LogP contribution in [0.25, 0.3) is 44.3 Å². The standard InChI is InChI=1S/C45H51N7O7/c1-24(2)39(49-44(55)57-5)42(53)51-17-7-9-35(51)33-20-29-19-26(13-16-32(29)47-33)27-11-14-30-31-15-12-28(22-38(31)59-37(30)21-27)34-23-46-41(48-34)36-10-8-18-52(36)43(54)40(25(3)4)50-45(56)58-6/h11-16,19,21-25,35-36,39-40H,7-10,17-18,20H2,1-6H3,(H,46,48)(H,49,55)(H,50,56)/t35?,36-,39-,40-/m0/s1. The number of likely N-dealkylation sites (tertiary alicyclic amines) is 2. The number of amides is 4. The number of furan rings is 1. The number of benzene rings is 3. The number of nitrogens with zero attached hydrogens (tertiary/aromatic N) is 4. The van der Waals surface area contributed by atoms with E-state index in [0.717, 1.165) is 87.0 Å². The van der Waals surface area contributed by atoms with E-state index in [1.54, 1.807) is 11.1 Å². The Bertz CT molecular complexity index is 2470. The number of rotatable bonds is 10. The number of H-pyrrole nitrogens is 1. The van der Waals surface area contributed by atoms with E-state index in [0.29, 0.717) is 25.3 Å². The molecule has 59 heavy (non-hydrogen) atoms. The second kappa shape index (κ2) is 16.2. The minimum absolute atomic E-state index is 0.0968. The van der Waals surface area contributed by atoms with E-state index >= 15 is 0 Å². The Morgan fingerprint density at radius 2 is 1.29 bits per heavy atom.